The molecule has 0 amide bonds. The summed E-state index contributed by atoms with van der Waals surface area (Å²) >= 11 is 0. The van der Waals surface area contributed by atoms with Crippen molar-refractivity contribution >= 4 is 13.6 Å². The van der Waals surface area contributed by atoms with E-state index in [2.05, 4.69) is 13.6 Å². The minimum atomic E-state index is 0. The maximum atomic E-state index is 7.75. The van der Waals surface area contributed by atoms with Crippen LogP contribution in [0.4, 0.5) is 0 Å². The Hall–Kier alpha value is -0.0366. The summed E-state index contributed by atoms with van der Waals surface area (Å²) in [6.07, 6.45) is 0. The van der Waals surface area contributed by atoms with Gasteiger partial charge in [-0.25, -0.2) is 0 Å². The predicted molar refractivity (Wildman–Crippen MR) is 21.3 cm³/mol. The first-order valence-electron chi connectivity index (χ1n) is 0.471. The van der Waals surface area contributed by atoms with Crippen molar-refractivity contribution in [2.45, 2.75) is 0 Å². The average Bonchev–Trinajstić information content (AvgIpc) is 1.50. The SMILES string of the molecule is [CH-]=O.[CH-]=O.[CH3-].[RuH+3]. The van der Waals surface area contributed by atoms with Crippen molar-refractivity contribution in [3.05, 3.63) is 7.43 Å². The molecule has 0 atom stereocenters. The predicted octanol–water partition coefficient (Wildman–Crippen LogP) is -0.368. The molecule has 0 aromatic carbocycles. The molecule has 0 saturated heterocycles. The Bertz CT molecular complexity index is 10.8. The van der Waals surface area contributed by atoms with E-state index >= 15 is 0 Å². The second kappa shape index (κ2) is 58100. The molecular formula is C3H6O2Ru. The first-order chi connectivity index (χ1) is 2.00. The Morgan fingerprint density at radius 3 is 0.833 bits per heavy atom. The van der Waals surface area contributed by atoms with Crippen LogP contribution in [-0.4, -0.2) is 13.6 Å². The zero-order chi connectivity index (χ0) is 4.00. The molecule has 0 bridgehead atoms. The van der Waals surface area contributed by atoms with Crippen molar-refractivity contribution in [2.24, 2.45) is 0 Å². The quantitative estimate of drug-likeness (QED) is 0.286. The summed E-state index contributed by atoms with van der Waals surface area (Å²) in [5.41, 5.74) is 0. The van der Waals surface area contributed by atoms with E-state index < -0.39 is 0 Å². The molecule has 1 radical (unpaired) electrons. The molecular weight excluding hydrogens is 169 g/mol. The van der Waals surface area contributed by atoms with Crippen molar-refractivity contribution in [1.29, 1.82) is 0 Å². The van der Waals surface area contributed by atoms with E-state index in [0.29, 0.717) is 0 Å². The normalized spacial score (nSPS) is 1.33. The van der Waals surface area contributed by atoms with Crippen molar-refractivity contribution in [3.63, 3.8) is 0 Å². The van der Waals surface area contributed by atoms with Crippen LogP contribution in [0.3, 0.4) is 0 Å². The summed E-state index contributed by atoms with van der Waals surface area (Å²) in [6, 6.07) is 0. The molecule has 38 valence electrons. The molecule has 0 unspecified atom stereocenters. The molecule has 0 aliphatic rings. The van der Waals surface area contributed by atoms with Gasteiger partial charge in [0.25, 0.3) is 0 Å². The standard InChI is InChI=1S/2CHO.CH3.Ru.H/c2*1-2;;;/h2*1H;1H3;;/q3*-1;+3;. The molecule has 0 rings (SSSR count). The number of hydrogen-bond donors (Lipinski definition) is 0. The molecule has 3 heteroatoms. The van der Waals surface area contributed by atoms with E-state index in [9.17, 15) is 0 Å². The summed E-state index contributed by atoms with van der Waals surface area (Å²) < 4.78 is 0. The van der Waals surface area contributed by atoms with Crippen LogP contribution in [0.25, 0.3) is 0 Å². The molecule has 6 heavy (non-hydrogen) atoms. The first kappa shape index (κ1) is 38.1. The van der Waals surface area contributed by atoms with Crippen LogP contribution in [-0.2, 0) is 29.1 Å². The third kappa shape index (κ3) is 25900. The zero-order valence-corrected chi connectivity index (χ0v) is 5.21. The molecule has 0 aromatic heterocycles. The van der Waals surface area contributed by atoms with Crippen molar-refractivity contribution in [1.82, 2.24) is 0 Å². The van der Waals surface area contributed by atoms with Crippen LogP contribution < -0.4 is 0 Å². The Balaban J connectivity index is -0.00000000500. The molecule has 0 spiro atoms. The van der Waals surface area contributed by atoms with Gasteiger partial charge >= 0.3 is 19.5 Å². The van der Waals surface area contributed by atoms with Crippen LogP contribution in [0.1, 0.15) is 0 Å². The van der Waals surface area contributed by atoms with E-state index in [-0.39, 0.29) is 26.9 Å². The Kier molecular flexibility index (Phi) is 369000. The second-order valence-corrected chi connectivity index (χ2v) is 0. The van der Waals surface area contributed by atoms with Crippen molar-refractivity contribution in [3.8, 4) is 0 Å². The third-order valence-corrected chi connectivity index (χ3v) is 0. The fraction of sp³-hybridized carbons (Fsp3) is 0. The number of rotatable bonds is 0. The van der Waals surface area contributed by atoms with E-state index in [1.165, 1.54) is 0 Å². The van der Waals surface area contributed by atoms with Gasteiger partial charge in [0.05, 0.1) is 0 Å². The molecule has 0 heterocycles. The van der Waals surface area contributed by atoms with Gasteiger partial charge in [-0.1, -0.05) is 0 Å². The van der Waals surface area contributed by atoms with Gasteiger partial charge < -0.3 is 17.0 Å². The molecule has 2 nitrogen and oxygen atoms in total. The fourth-order valence-electron chi connectivity index (χ4n) is 0. The van der Waals surface area contributed by atoms with Crippen molar-refractivity contribution in [2.75, 3.05) is 0 Å². The maximum absolute atomic E-state index is 7.75. The van der Waals surface area contributed by atoms with E-state index in [4.69, 9.17) is 9.59 Å². The molecule has 0 fully saturated rings. The van der Waals surface area contributed by atoms with Gasteiger partial charge in [0.1, 0.15) is 0 Å². The van der Waals surface area contributed by atoms with E-state index in [1.54, 1.807) is 0 Å². The molecule has 0 aromatic rings. The van der Waals surface area contributed by atoms with Crippen LogP contribution in [0.15, 0.2) is 0 Å². The van der Waals surface area contributed by atoms with Crippen LogP contribution in [0.5, 0.6) is 0 Å². The van der Waals surface area contributed by atoms with Crippen LogP contribution in [0, 0.1) is 7.43 Å². The van der Waals surface area contributed by atoms with Gasteiger partial charge in [0.2, 0.25) is 0 Å². The minimum absolute atomic E-state index is 0. The third-order valence-electron chi connectivity index (χ3n) is 0. The average molecular weight is 175 g/mol. The summed E-state index contributed by atoms with van der Waals surface area (Å²) in [7, 11) is 0. The Morgan fingerprint density at radius 1 is 0.833 bits per heavy atom. The van der Waals surface area contributed by atoms with Gasteiger partial charge in [0, 0.05) is 0 Å². The molecule has 0 aliphatic carbocycles. The van der Waals surface area contributed by atoms with Gasteiger partial charge in [-0.05, 0) is 0 Å². The summed E-state index contributed by atoms with van der Waals surface area (Å²) in [5, 5.41) is 0. The molecule has 0 N–H and O–H groups in total. The topological polar surface area (TPSA) is 34.1 Å². The van der Waals surface area contributed by atoms with Gasteiger partial charge in [-0.15, -0.1) is 0 Å². The monoisotopic (exact) mass is 176 g/mol. The van der Waals surface area contributed by atoms with E-state index in [0.717, 1.165) is 0 Å². The first-order valence-corrected chi connectivity index (χ1v) is 0.471. The fourth-order valence-corrected chi connectivity index (χ4v) is 0. The second-order valence-electron chi connectivity index (χ2n) is 0. The number of carbonyl (C=O) groups excluding carboxylic acids is 2. The Morgan fingerprint density at radius 2 is 0.833 bits per heavy atom. The zero-order valence-electron chi connectivity index (χ0n) is 3.35. The number of hydrogen-bond acceptors (Lipinski definition) is 2. The Labute approximate surface area is 50.7 Å². The van der Waals surface area contributed by atoms with E-state index in [1.807, 2.05) is 0 Å². The van der Waals surface area contributed by atoms with Gasteiger partial charge in [0.15, 0.2) is 0 Å². The summed E-state index contributed by atoms with van der Waals surface area (Å²) in [4.78, 5) is 15.5. The van der Waals surface area contributed by atoms with Gasteiger partial charge in [-0.3, -0.25) is 13.6 Å². The summed E-state index contributed by atoms with van der Waals surface area (Å²) in [6.45, 7) is 6.50. The summed E-state index contributed by atoms with van der Waals surface area (Å²) in [5.74, 6) is 0. The molecule has 0 aliphatic heterocycles. The van der Waals surface area contributed by atoms with Crippen LogP contribution >= 0.6 is 0 Å². The van der Waals surface area contributed by atoms with Gasteiger partial charge in [-0.2, -0.15) is 0 Å². The van der Waals surface area contributed by atoms with Crippen molar-refractivity contribution < 1.29 is 29.1 Å². The molecule has 0 saturated carbocycles. The van der Waals surface area contributed by atoms with Crippen LogP contribution in [0.2, 0.25) is 0 Å².